The fourth-order valence-electron chi connectivity index (χ4n) is 1.82. The number of carbonyl (C=O) groups excluding carboxylic acids is 1. The number of carbonyl (C=O) groups is 1. The molecule has 120 valence electrons. The third-order valence-corrected chi connectivity index (χ3v) is 4.23. The van der Waals surface area contributed by atoms with E-state index in [1.807, 2.05) is 35.8 Å². The van der Waals surface area contributed by atoms with Crippen LogP contribution in [-0.2, 0) is 11.4 Å². The fourth-order valence-corrected chi connectivity index (χ4v) is 3.25. The molecule has 23 heavy (non-hydrogen) atoms. The molecule has 2 aromatic rings. The summed E-state index contributed by atoms with van der Waals surface area (Å²) in [5.41, 5.74) is 3.79. The van der Waals surface area contributed by atoms with Gasteiger partial charge in [-0.3, -0.25) is 10.2 Å². The summed E-state index contributed by atoms with van der Waals surface area (Å²) in [5, 5.41) is 0.446. The highest BCUT2D eigenvalue weighted by atomic mass is 79.9. The minimum Gasteiger partial charge on any atom is -0.486 e. The molecule has 0 saturated heterocycles. The van der Waals surface area contributed by atoms with E-state index in [9.17, 15) is 4.79 Å². The van der Waals surface area contributed by atoms with E-state index >= 15 is 0 Å². The molecule has 3 N–H and O–H groups in total. The molecule has 7 heteroatoms. The van der Waals surface area contributed by atoms with Gasteiger partial charge < -0.3 is 4.74 Å². The summed E-state index contributed by atoms with van der Waals surface area (Å²) in [6.45, 7) is 0.391. The molecule has 0 aliphatic heterocycles. The largest absolute Gasteiger partial charge is 0.486 e. The molecule has 0 unspecified atom stereocenters. The Bertz CT molecular complexity index is 728. The van der Waals surface area contributed by atoms with Crippen LogP contribution >= 0.6 is 43.5 Å². The zero-order valence-electron chi connectivity index (χ0n) is 11.9. The number of amides is 1. The summed E-state index contributed by atoms with van der Waals surface area (Å²) in [5.74, 6) is 5.17. The SMILES string of the molecule is NNC(=O)/C=C/c1cc(Cl)c(OCc2cccc(Br)c2)c(Br)c1. The third kappa shape index (κ3) is 5.35. The molecule has 0 radical (unpaired) electrons. The van der Waals surface area contributed by atoms with E-state index in [1.54, 1.807) is 12.1 Å². The number of ether oxygens (including phenoxy) is 1. The van der Waals surface area contributed by atoms with Gasteiger partial charge in [0.1, 0.15) is 6.61 Å². The molecular weight excluding hydrogens is 447 g/mol. The van der Waals surface area contributed by atoms with Crippen LogP contribution < -0.4 is 16.0 Å². The molecule has 0 saturated carbocycles. The van der Waals surface area contributed by atoms with Gasteiger partial charge in [-0.2, -0.15) is 0 Å². The van der Waals surface area contributed by atoms with E-state index in [0.29, 0.717) is 21.9 Å². The fraction of sp³-hybridized carbons (Fsp3) is 0.0625. The molecule has 0 spiro atoms. The van der Waals surface area contributed by atoms with E-state index in [-0.39, 0.29) is 0 Å². The van der Waals surface area contributed by atoms with Gasteiger partial charge >= 0.3 is 0 Å². The average molecular weight is 461 g/mol. The number of hydrazine groups is 1. The van der Waals surface area contributed by atoms with Gasteiger partial charge in [-0.15, -0.1) is 0 Å². The Balaban J connectivity index is 2.14. The van der Waals surface area contributed by atoms with Crippen molar-refractivity contribution in [3.8, 4) is 5.75 Å². The van der Waals surface area contributed by atoms with Gasteiger partial charge in [0.15, 0.2) is 5.75 Å². The van der Waals surface area contributed by atoms with Crippen LogP contribution in [0.25, 0.3) is 6.08 Å². The van der Waals surface area contributed by atoms with Gasteiger partial charge in [0.05, 0.1) is 9.50 Å². The second-order valence-electron chi connectivity index (χ2n) is 4.57. The van der Waals surface area contributed by atoms with Crippen molar-refractivity contribution in [2.24, 2.45) is 5.84 Å². The van der Waals surface area contributed by atoms with Gasteiger partial charge in [-0.1, -0.05) is 39.7 Å². The van der Waals surface area contributed by atoms with Gasteiger partial charge in [-0.05, 0) is 57.4 Å². The Morgan fingerprint density at radius 1 is 1.30 bits per heavy atom. The molecule has 2 rings (SSSR count). The summed E-state index contributed by atoms with van der Waals surface area (Å²) in [6, 6.07) is 11.4. The molecule has 0 aromatic heterocycles. The average Bonchev–Trinajstić information content (AvgIpc) is 2.51. The normalized spacial score (nSPS) is 10.8. The number of benzene rings is 2. The van der Waals surface area contributed by atoms with Gasteiger partial charge in [0.2, 0.25) is 0 Å². The van der Waals surface area contributed by atoms with Crippen LogP contribution in [0.1, 0.15) is 11.1 Å². The van der Waals surface area contributed by atoms with Crippen LogP contribution in [0.3, 0.4) is 0 Å². The molecular formula is C16H13Br2ClN2O2. The van der Waals surface area contributed by atoms with E-state index in [2.05, 4.69) is 31.9 Å². The molecule has 4 nitrogen and oxygen atoms in total. The number of hydrogen-bond donors (Lipinski definition) is 2. The first-order valence-electron chi connectivity index (χ1n) is 6.54. The predicted octanol–water partition coefficient (Wildman–Crippen LogP) is 4.45. The van der Waals surface area contributed by atoms with Gasteiger partial charge in [0.25, 0.3) is 5.91 Å². The number of halogens is 3. The lowest BCUT2D eigenvalue weighted by atomic mass is 10.2. The number of nitrogens with two attached hydrogens (primary N) is 1. The highest BCUT2D eigenvalue weighted by Gasteiger charge is 2.09. The third-order valence-electron chi connectivity index (χ3n) is 2.86. The molecule has 0 bridgehead atoms. The van der Waals surface area contributed by atoms with Crippen LogP contribution in [0, 0.1) is 0 Å². The Morgan fingerprint density at radius 2 is 2.09 bits per heavy atom. The monoisotopic (exact) mass is 458 g/mol. The zero-order chi connectivity index (χ0) is 16.8. The van der Waals surface area contributed by atoms with Crippen LogP contribution in [0.4, 0.5) is 0 Å². The van der Waals surface area contributed by atoms with Gasteiger partial charge in [0, 0.05) is 10.5 Å². The van der Waals surface area contributed by atoms with Gasteiger partial charge in [-0.25, -0.2) is 5.84 Å². The smallest absolute Gasteiger partial charge is 0.257 e. The first-order chi connectivity index (χ1) is 11.0. The molecule has 0 aliphatic rings. The van der Waals surface area contributed by atoms with Crippen LogP contribution in [-0.4, -0.2) is 5.91 Å². The maximum Gasteiger partial charge on any atom is 0.257 e. The quantitative estimate of drug-likeness (QED) is 0.300. The number of rotatable bonds is 5. The minimum atomic E-state index is -0.396. The Labute approximate surface area is 155 Å². The van der Waals surface area contributed by atoms with Crippen LogP contribution in [0.2, 0.25) is 5.02 Å². The predicted molar refractivity (Wildman–Crippen MR) is 99.0 cm³/mol. The second-order valence-corrected chi connectivity index (χ2v) is 6.75. The minimum absolute atomic E-state index is 0.391. The Hall–Kier alpha value is -1.34. The van der Waals surface area contributed by atoms with Crippen molar-refractivity contribution in [1.82, 2.24) is 5.43 Å². The van der Waals surface area contributed by atoms with Crippen LogP contribution in [0.15, 0.2) is 51.4 Å². The van der Waals surface area contributed by atoms with Crippen molar-refractivity contribution in [3.05, 3.63) is 67.6 Å². The lowest BCUT2D eigenvalue weighted by Gasteiger charge is -2.11. The van der Waals surface area contributed by atoms with Crippen molar-refractivity contribution in [2.45, 2.75) is 6.61 Å². The Kier molecular flexibility index (Phi) is 6.65. The summed E-state index contributed by atoms with van der Waals surface area (Å²) >= 11 is 13.1. The molecule has 2 aromatic carbocycles. The Morgan fingerprint density at radius 3 is 2.74 bits per heavy atom. The number of hydrogen-bond acceptors (Lipinski definition) is 3. The van der Waals surface area contributed by atoms with E-state index in [4.69, 9.17) is 22.2 Å². The zero-order valence-corrected chi connectivity index (χ0v) is 15.8. The van der Waals surface area contributed by atoms with Crippen molar-refractivity contribution in [1.29, 1.82) is 0 Å². The first-order valence-corrected chi connectivity index (χ1v) is 8.51. The highest BCUT2D eigenvalue weighted by Crippen LogP contribution is 2.35. The molecule has 0 fully saturated rings. The summed E-state index contributed by atoms with van der Waals surface area (Å²) in [7, 11) is 0. The van der Waals surface area contributed by atoms with Crippen LogP contribution in [0.5, 0.6) is 5.75 Å². The molecule has 0 atom stereocenters. The highest BCUT2D eigenvalue weighted by molar-refractivity contribution is 9.10. The first kappa shape index (κ1) is 18.0. The lowest BCUT2D eigenvalue weighted by Crippen LogP contribution is -2.27. The molecule has 1 amide bonds. The number of nitrogens with one attached hydrogen (secondary N) is 1. The van der Waals surface area contributed by atoms with E-state index in [1.165, 1.54) is 6.08 Å². The second kappa shape index (κ2) is 8.49. The maximum atomic E-state index is 11.1. The summed E-state index contributed by atoms with van der Waals surface area (Å²) in [4.78, 5) is 11.1. The van der Waals surface area contributed by atoms with Crippen molar-refractivity contribution >= 4 is 55.4 Å². The molecule has 0 heterocycles. The van der Waals surface area contributed by atoms with E-state index < -0.39 is 5.91 Å². The van der Waals surface area contributed by atoms with Crippen molar-refractivity contribution in [3.63, 3.8) is 0 Å². The van der Waals surface area contributed by atoms with Crippen molar-refractivity contribution < 1.29 is 9.53 Å². The summed E-state index contributed by atoms with van der Waals surface area (Å²) < 4.78 is 7.48. The summed E-state index contributed by atoms with van der Waals surface area (Å²) in [6.07, 6.45) is 2.93. The topological polar surface area (TPSA) is 64.3 Å². The van der Waals surface area contributed by atoms with Crippen molar-refractivity contribution in [2.75, 3.05) is 0 Å². The standard InChI is InChI=1S/C16H13Br2ClN2O2/c17-12-3-1-2-11(6-12)9-23-16-13(18)7-10(8-14(16)19)4-5-15(22)21-20/h1-8H,9,20H2,(H,21,22)/b5-4+. The van der Waals surface area contributed by atoms with E-state index in [0.717, 1.165) is 15.6 Å². The molecule has 0 aliphatic carbocycles. The maximum absolute atomic E-state index is 11.1. The lowest BCUT2D eigenvalue weighted by molar-refractivity contribution is -0.116.